The van der Waals surface area contributed by atoms with Gasteiger partial charge in [-0.3, -0.25) is 0 Å². The lowest BCUT2D eigenvalue weighted by Crippen LogP contribution is -2.23. The Kier molecular flexibility index (Phi) is 9.40. The molecule has 1 aromatic heterocycles. The monoisotopic (exact) mass is 579 g/mol. The number of fused-ring (bicyclic) bond motifs is 5. The van der Waals surface area contributed by atoms with Crippen LogP contribution >= 0.6 is 0 Å². The van der Waals surface area contributed by atoms with Crippen LogP contribution in [0.25, 0.3) is 27.5 Å². The van der Waals surface area contributed by atoms with Crippen LogP contribution in [0.15, 0.2) is 155 Å². The average molecular weight is 580 g/mol. The Morgan fingerprint density at radius 1 is 1.02 bits per heavy atom. The molecular weight excluding hydrogens is 534 g/mol. The fourth-order valence-corrected chi connectivity index (χ4v) is 6.40. The van der Waals surface area contributed by atoms with Crippen molar-refractivity contribution < 1.29 is 4.42 Å². The fourth-order valence-electron chi connectivity index (χ4n) is 6.40. The van der Waals surface area contributed by atoms with Crippen LogP contribution in [0, 0.1) is 0 Å². The topological polar surface area (TPSA) is 16.4 Å². The second-order valence-corrected chi connectivity index (χ2v) is 12.0. The smallest absolute Gasteiger partial charge is 0.143 e. The molecule has 0 atom stereocenters. The van der Waals surface area contributed by atoms with E-state index in [1.165, 1.54) is 44.2 Å². The van der Waals surface area contributed by atoms with Gasteiger partial charge < -0.3 is 9.32 Å². The quantitative estimate of drug-likeness (QED) is 0.210. The van der Waals surface area contributed by atoms with Crippen LogP contribution in [0.5, 0.6) is 0 Å². The van der Waals surface area contributed by atoms with Gasteiger partial charge in [0.25, 0.3) is 0 Å². The molecule has 0 spiro atoms. The van der Waals surface area contributed by atoms with Crippen molar-refractivity contribution in [2.24, 2.45) is 0 Å². The fraction of sp³-hybridized carbons (Fsp3) is 0.238. The van der Waals surface area contributed by atoms with E-state index in [1.54, 1.807) is 0 Å². The zero-order chi connectivity index (χ0) is 31.3. The van der Waals surface area contributed by atoms with Crippen molar-refractivity contribution in [2.45, 2.75) is 59.3 Å². The summed E-state index contributed by atoms with van der Waals surface area (Å²) in [6, 6.07) is 12.9. The number of nitrogens with zero attached hydrogens (tertiary/aromatic N) is 1. The number of allylic oxidation sites excluding steroid dienone is 15. The van der Waals surface area contributed by atoms with E-state index < -0.39 is 0 Å². The molecule has 2 heteroatoms. The molecule has 2 aromatic carbocycles. The van der Waals surface area contributed by atoms with Gasteiger partial charge in [-0.2, -0.15) is 0 Å². The first-order valence-electron chi connectivity index (χ1n) is 15.8. The van der Waals surface area contributed by atoms with Crippen LogP contribution in [-0.4, -0.2) is 11.4 Å². The molecule has 5 rings (SSSR count). The average Bonchev–Trinajstić information content (AvgIpc) is 3.34. The summed E-state index contributed by atoms with van der Waals surface area (Å²) in [6.07, 6.45) is 28.6. The van der Waals surface area contributed by atoms with Crippen molar-refractivity contribution in [2.75, 3.05) is 6.54 Å². The van der Waals surface area contributed by atoms with Gasteiger partial charge in [0.05, 0.1) is 0 Å². The van der Waals surface area contributed by atoms with E-state index in [1.807, 2.05) is 18.2 Å². The van der Waals surface area contributed by atoms with E-state index in [0.717, 1.165) is 48.4 Å². The van der Waals surface area contributed by atoms with Crippen molar-refractivity contribution in [3.8, 4) is 0 Å². The van der Waals surface area contributed by atoms with E-state index >= 15 is 0 Å². The number of hydrogen-bond acceptors (Lipinski definition) is 2. The van der Waals surface area contributed by atoms with Gasteiger partial charge in [0.15, 0.2) is 0 Å². The SMILES string of the molecule is C=C\C=C/C(/C=C\CC)=C(/C)CN(C(=C)/C=C\C1=C(CC)c2c(ccc3c2oc2ccccc23)C1(C)C)C1=CC=CCC=C1. The van der Waals surface area contributed by atoms with E-state index in [4.69, 9.17) is 4.42 Å². The molecule has 0 aliphatic heterocycles. The molecule has 0 N–H and O–H groups in total. The van der Waals surface area contributed by atoms with Gasteiger partial charge in [-0.15, -0.1) is 0 Å². The first-order chi connectivity index (χ1) is 21.3. The lowest BCUT2D eigenvalue weighted by molar-refractivity contribution is 0.491. The first-order valence-corrected chi connectivity index (χ1v) is 15.8. The molecule has 3 aromatic rings. The number of para-hydroxylation sites is 1. The molecule has 0 bridgehead atoms. The van der Waals surface area contributed by atoms with E-state index in [2.05, 4.69) is 144 Å². The predicted octanol–water partition coefficient (Wildman–Crippen LogP) is 11.8. The van der Waals surface area contributed by atoms with Crippen molar-refractivity contribution in [3.05, 3.63) is 162 Å². The lowest BCUT2D eigenvalue weighted by Gasteiger charge is -2.28. The Bertz CT molecular complexity index is 1840. The normalized spacial score (nSPS) is 16.8. The highest BCUT2D eigenvalue weighted by molar-refractivity contribution is 6.10. The molecule has 0 saturated carbocycles. The van der Waals surface area contributed by atoms with Gasteiger partial charge in [-0.25, -0.2) is 0 Å². The lowest BCUT2D eigenvalue weighted by atomic mass is 9.80. The largest absolute Gasteiger partial charge is 0.455 e. The highest BCUT2D eigenvalue weighted by Crippen LogP contribution is 2.51. The summed E-state index contributed by atoms with van der Waals surface area (Å²) in [4.78, 5) is 2.32. The van der Waals surface area contributed by atoms with Gasteiger partial charge in [0.2, 0.25) is 0 Å². The van der Waals surface area contributed by atoms with Crippen molar-refractivity contribution in [3.63, 3.8) is 0 Å². The predicted molar refractivity (Wildman–Crippen MR) is 191 cm³/mol. The van der Waals surface area contributed by atoms with Crippen LogP contribution in [0.2, 0.25) is 0 Å². The molecule has 0 radical (unpaired) electrons. The third kappa shape index (κ3) is 5.95. The van der Waals surface area contributed by atoms with Crippen LogP contribution in [-0.2, 0) is 5.41 Å². The summed E-state index contributed by atoms with van der Waals surface area (Å²) >= 11 is 0. The zero-order valence-corrected chi connectivity index (χ0v) is 27.0. The van der Waals surface area contributed by atoms with Gasteiger partial charge >= 0.3 is 0 Å². The molecule has 0 fully saturated rings. The Morgan fingerprint density at radius 2 is 1.84 bits per heavy atom. The Balaban J connectivity index is 1.57. The molecule has 2 nitrogen and oxygen atoms in total. The van der Waals surface area contributed by atoms with Crippen molar-refractivity contribution in [1.82, 2.24) is 4.90 Å². The van der Waals surface area contributed by atoms with Gasteiger partial charge in [-0.05, 0) is 78.3 Å². The van der Waals surface area contributed by atoms with Crippen LogP contribution in [0.1, 0.15) is 65.0 Å². The molecule has 44 heavy (non-hydrogen) atoms. The van der Waals surface area contributed by atoms with Gasteiger partial charge in [0.1, 0.15) is 11.2 Å². The summed E-state index contributed by atoms with van der Waals surface area (Å²) in [5.74, 6) is 0. The minimum Gasteiger partial charge on any atom is -0.455 e. The molecule has 1 heterocycles. The van der Waals surface area contributed by atoms with E-state index in [-0.39, 0.29) is 5.41 Å². The third-order valence-electron chi connectivity index (χ3n) is 8.77. The van der Waals surface area contributed by atoms with E-state index in [9.17, 15) is 0 Å². The maximum Gasteiger partial charge on any atom is 0.143 e. The van der Waals surface area contributed by atoms with E-state index in [0.29, 0.717) is 0 Å². The molecule has 0 saturated heterocycles. The van der Waals surface area contributed by atoms with Gasteiger partial charge in [0, 0.05) is 39.7 Å². The summed E-state index contributed by atoms with van der Waals surface area (Å²) in [5, 5.41) is 2.35. The summed E-state index contributed by atoms with van der Waals surface area (Å²) in [6.45, 7) is 20.5. The van der Waals surface area contributed by atoms with Crippen LogP contribution in [0.3, 0.4) is 0 Å². The van der Waals surface area contributed by atoms with Gasteiger partial charge in [-0.1, -0.05) is 126 Å². The number of furan rings is 1. The Hall–Kier alpha value is -4.56. The maximum absolute atomic E-state index is 6.52. The highest BCUT2D eigenvalue weighted by Gasteiger charge is 2.38. The Morgan fingerprint density at radius 3 is 2.61 bits per heavy atom. The summed E-state index contributed by atoms with van der Waals surface area (Å²) < 4.78 is 6.52. The molecule has 0 unspecified atom stereocenters. The highest BCUT2D eigenvalue weighted by atomic mass is 16.3. The summed E-state index contributed by atoms with van der Waals surface area (Å²) in [5.41, 5.74) is 11.6. The molecule has 2 aliphatic rings. The second kappa shape index (κ2) is 13.4. The second-order valence-electron chi connectivity index (χ2n) is 12.0. The summed E-state index contributed by atoms with van der Waals surface area (Å²) in [7, 11) is 0. The third-order valence-corrected chi connectivity index (χ3v) is 8.77. The molecule has 0 amide bonds. The number of hydrogen-bond donors (Lipinski definition) is 0. The molecule has 224 valence electrons. The van der Waals surface area contributed by atoms with Crippen molar-refractivity contribution >= 4 is 27.5 Å². The molecule has 2 aliphatic carbocycles. The standard InChI is InChI=1S/C42H45NO/c1-8-11-19-32(20-12-9-2)30(4)29-43(33-21-15-13-14-16-22-33)31(5)25-27-37-34(10-3)40-38(42(37,6)7)28-26-36-35-23-17-18-24-39(35)44-41(36)40/h8,11-13,15-28H,1,5,9-10,14,29H2,2-4,6-7H3/b19-11-,20-12-,27-25-,32-30+. The Labute approximate surface area is 263 Å². The first kappa shape index (κ1) is 30.9. The number of benzene rings is 2. The zero-order valence-electron chi connectivity index (χ0n) is 27.0. The van der Waals surface area contributed by atoms with Crippen LogP contribution < -0.4 is 0 Å². The molecular formula is C42H45NO. The minimum atomic E-state index is -0.164. The minimum absolute atomic E-state index is 0.164. The van der Waals surface area contributed by atoms with Crippen LogP contribution in [0.4, 0.5) is 0 Å². The van der Waals surface area contributed by atoms with Crippen molar-refractivity contribution in [1.29, 1.82) is 0 Å². The number of rotatable bonds is 11. The maximum atomic E-state index is 6.52.